The van der Waals surface area contributed by atoms with Gasteiger partial charge in [0.25, 0.3) is 0 Å². The summed E-state index contributed by atoms with van der Waals surface area (Å²) in [4.78, 5) is 33.1. The van der Waals surface area contributed by atoms with E-state index in [2.05, 4.69) is 17.1 Å². The summed E-state index contributed by atoms with van der Waals surface area (Å²) in [6.45, 7) is 12.8. The largest absolute Gasteiger partial charge is 0.444 e. The fourth-order valence-electron chi connectivity index (χ4n) is 3.85. The number of fused-ring (bicyclic) bond motifs is 3. The lowest BCUT2D eigenvalue weighted by Crippen LogP contribution is -2.58. The minimum absolute atomic E-state index is 0.0263. The van der Waals surface area contributed by atoms with Gasteiger partial charge in [-0.25, -0.2) is 14.6 Å². The molecular weight excluding hydrogens is 372 g/mol. The van der Waals surface area contributed by atoms with E-state index in [9.17, 15) is 9.59 Å². The molecule has 0 aliphatic carbocycles. The maximum atomic E-state index is 12.5. The van der Waals surface area contributed by atoms with Crippen molar-refractivity contribution in [1.82, 2.24) is 15.2 Å². The highest BCUT2D eigenvalue weighted by atomic mass is 16.6. The molecule has 1 aromatic rings. The molecule has 160 valence electrons. The predicted octanol–water partition coefficient (Wildman–Crippen LogP) is 3.09. The molecule has 8 nitrogen and oxygen atoms in total. The van der Waals surface area contributed by atoms with Crippen molar-refractivity contribution in [3.05, 3.63) is 23.4 Å². The van der Waals surface area contributed by atoms with Crippen molar-refractivity contribution >= 4 is 18.0 Å². The van der Waals surface area contributed by atoms with Gasteiger partial charge in [0.05, 0.1) is 11.7 Å². The quantitative estimate of drug-likeness (QED) is 0.833. The molecule has 1 N–H and O–H groups in total. The third kappa shape index (κ3) is 5.10. The average Bonchev–Trinajstić information content (AvgIpc) is 2.96. The van der Waals surface area contributed by atoms with Gasteiger partial charge in [0.1, 0.15) is 18.0 Å². The van der Waals surface area contributed by atoms with E-state index < -0.39 is 11.7 Å². The fraction of sp³-hybridized carbons (Fsp3) is 0.667. The van der Waals surface area contributed by atoms with E-state index in [0.717, 1.165) is 17.8 Å². The highest BCUT2D eigenvalue weighted by Crippen LogP contribution is 2.35. The van der Waals surface area contributed by atoms with Crippen LogP contribution in [0.25, 0.3) is 0 Å². The highest BCUT2D eigenvalue weighted by Gasteiger charge is 2.41. The van der Waals surface area contributed by atoms with E-state index in [0.29, 0.717) is 18.8 Å². The SMILES string of the molecule is CC(C)NC(=O)OCc1ccc2c(n1)N1[C@H](C2)CN(C(=O)OC(C)(C)C)C[C@H]1C. The van der Waals surface area contributed by atoms with Crippen molar-refractivity contribution in [2.24, 2.45) is 0 Å². The summed E-state index contributed by atoms with van der Waals surface area (Å²) in [5.41, 5.74) is 1.36. The molecule has 8 heteroatoms. The van der Waals surface area contributed by atoms with E-state index in [4.69, 9.17) is 14.5 Å². The van der Waals surface area contributed by atoms with E-state index in [1.165, 1.54) is 0 Å². The number of carbonyl (C=O) groups is 2. The van der Waals surface area contributed by atoms with Crippen LogP contribution in [0.1, 0.15) is 52.8 Å². The Bertz CT molecular complexity index is 774. The van der Waals surface area contributed by atoms with Gasteiger partial charge in [-0.05, 0) is 59.6 Å². The van der Waals surface area contributed by atoms with Crippen LogP contribution in [0.4, 0.5) is 15.4 Å². The number of nitrogens with zero attached hydrogens (tertiary/aromatic N) is 3. The van der Waals surface area contributed by atoms with Gasteiger partial charge < -0.3 is 24.6 Å². The van der Waals surface area contributed by atoms with E-state index in [-0.39, 0.29) is 30.8 Å². The Kier molecular flexibility index (Phi) is 5.91. The number of amides is 2. The van der Waals surface area contributed by atoms with Crippen LogP contribution in [-0.2, 0) is 22.5 Å². The number of nitrogens with one attached hydrogen (secondary N) is 1. The third-order valence-electron chi connectivity index (χ3n) is 4.91. The lowest BCUT2D eigenvalue weighted by molar-refractivity contribution is 0.0191. The summed E-state index contributed by atoms with van der Waals surface area (Å²) in [6, 6.07) is 4.27. The van der Waals surface area contributed by atoms with Crippen LogP contribution >= 0.6 is 0 Å². The van der Waals surface area contributed by atoms with Gasteiger partial charge in [-0.2, -0.15) is 0 Å². The van der Waals surface area contributed by atoms with Crippen LogP contribution in [0.3, 0.4) is 0 Å². The standard InChI is InChI=1S/C21H32N4O4/c1-13(2)22-19(26)28-12-16-8-7-15-9-17-11-24(20(27)29-21(4,5)6)10-14(3)25(17)18(15)23-16/h7-8,13-14,17H,9-12H2,1-6H3,(H,22,26)/t14-,17-/m1/s1. The van der Waals surface area contributed by atoms with Crippen molar-refractivity contribution < 1.29 is 19.1 Å². The zero-order valence-corrected chi connectivity index (χ0v) is 18.2. The Morgan fingerprint density at radius 1 is 1.28 bits per heavy atom. The number of hydrogen-bond acceptors (Lipinski definition) is 6. The first-order chi connectivity index (χ1) is 13.5. The fourth-order valence-corrected chi connectivity index (χ4v) is 3.85. The minimum atomic E-state index is -0.506. The molecule has 2 amide bonds. The summed E-state index contributed by atoms with van der Waals surface area (Å²) in [5, 5.41) is 2.70. The number of carbonyl (C=O) groups excluding carboxylic acids is 2. The zero-order chi connectivity index (χ0) is 21.3. The van der Waals surface area contributed by atoms with Gasteiger partial charge in [0.15, 0.2) is 0 Å². The molecule has 29 heavy (non-hydrogen) atoms. The molecule has 2 atom stereocenters. The van der Waals surface area contributed by atoms with Crippen molar-refractivity contribution in [1.29, 1.82) is 0 Å². The number of piperazine rings is 1. The van der Waals surface area contributed by atoms with Crippen molar-refractivity contribution in [3.8, 4) is 0 Å². The third-order valence-corrected chi connectivity index (χ3v) is 4.91. The summed E-state index contributed by atoms with van der Waals surface area (Å²) < 4.78 is 10.8. The van der Waals surface area contributed by atoms with Crippen LogP contribution in [0.5, 0.6) is 0 Å². The summed E-state index contributed by atoms with van der Waals surface area (Å²) >= 11 is 0. The second-order valence-electron chi connectivity index (χ2n) is 9.16. The van der Waals surface area contributed by atoms with Crippen LogP contribution in [0.2, 0.25) is 0 Å². The zero-order valence-electron chi connectivity index (χ0n) is 18.2. The monoisotopic (exact) mass is 404 g/mol. The molecule has 3 heterocycles. The maximum Gasteiger partial charge on any atom is 0.410 e. The number of aromatic nitrogens is 1. The molecule has 2 aliphatic heterocycles. The van der Waals surface area contributed by atoms with Crippen molar-refractivity contribution in [2.75, 3.05) is 18.0 Å². The Labute approximate surface area is 172 Å². The molecule has 0 saturated carbocycles. The number of ether oxygens (including phenoxy) is 2. The van der Waals surface area contributed by atoms with Gasteiger partial charge in [0, 0.05) is 25.2 Å². The minimum Gasteiger partial charge on any atom is -0.444 e. The number of rotatable bonds is 3. The molecule has 0 spiro atoms. The molecule has 1 aromatic heterocycles. The van der Waals surface area contributed by atoms with Crippen LogP contribution in [0.15, 0.2) is 12.1 Å². The molecule has 2 aliphatic rings. The molecule has 0 aromatic carbocycles. The molecule has 0 radical (unpaired) electrons. The Balaban J connectivity index is 1.67. The first-order valence-electron chi connectivity index (χ1n) is 10.2. The number of alkyl carbamates (subject to hydrolysis) is 1. The second kappa shape index (κ2) is 8.08. The summed E-state index contributed by atoms with van der Waals surface area (Å²) in [5.74, 6) is 0.928. The van der Waals surface area contributed by atoms with Crippen LogP contribution in [0, 0.1) is 0 Å². The molecular formula is C21H32N4O4. The Morgan fingerprint density at radius 2 is 2.00 bits per heavy atom. The number of pyridine rings is 1. The van der Waals surface area contributed by atoms with Gasteiger partial charge in [-0.15, -0.1) is 0 Å². The lowest BCUT2D eigenvalue weighted by atomic mass is 10.1. The molecule has 0 unspecified atom stereocenters. The molecule has 3 rings (SSSR count). The topological polar surface area (TPSA) is 84.0 Å². The molecule has 1 saturated heterocycles. The van der Waals surface area contributed by atoms with E-state index >= 15 is 0 Å². The van der Waals surface area contributed by atoms with E-state index in [1.54, 1.807) is 4.90 Å². The highest BCUT2D eigenvalue weighted by molar-refractivity contribution is 5.70. The first-order valence-corrected chi connectivity index (χ1v) is 10.2. The normalized spacial score (nSPS) is 20.9. The molecule has 1 fully saturated rings. The van der Waals surface area contributed by atoms with Gasteiger partial charge in [-0.1, -0.05) is 6.07 Å². The van der Waals surface area contributed by atoms with Crippen LogP contribution < -0.4 is 10.2 Å². The smallest absolute Gasteiger partial charge is 0.410 e. The first kappa shape index (κ1) is 21.2. The average molecular weight is 405 g/mol. The van der Waals surface area contributed by atoms with Gasteiger partial charge in [-0.3, -0.25) is 0 Å². The lowest BCUT2D eigenvalue weighted by Gasteiger charge is -2.43. The summed E-state index contributed by atoms with van der Waals surface area (Å²) in [6.07, 6.45) is 0.124. The maximum absolute atomic E-state index is 12.5. The van der Waals surface area contributed by atoms with E-state index in [1.807, 2.05) is 46.8 Å². The Morgan fingerprint density at radius 3 is 2.66 bits per heavy atom. The van der Waals surface area contributed by atoms with Crippen LogP contribution in [-0.4, -0.2) is 58.9 Å². The van der Waals surface area contributed by atoms with Gasteiger partial charge in [0.2, 0.25) is 0 Å². The number of hydrogen-bond donors (Lipinski definition) is 1. The second-order valence-corrected chi connectivity index (χ2v) is 9.16. The Hall–Kier alpha value is -2.51. The molecule has 0 bridgehead atoms. The predicted molar refractivity (Wildman–Crippen MR) is 110 cm³/mol. The van der Waals surface area contributed by atoms with Crippen molar-refractivity contribution in [2.45, 2.75) is 78.3 Å². The van der Waals surface area contributed by atoms with Gasteiger partial charge >= 0.3 is 12.2 Å². The summed E-state index contributed by atoms with van der Waals surface area (Å²) in [7, 11) is 0. The number of anilines is 1. The van der Waals surface area contributed by atoms with Crippen molar-refractivity contribution in [3.63, 3.8) is 0 Å².